The highest BCUT2D eigenvalue weighted by Gasteiger charge is 2.43. The number of amides is 4. The van der Waals surface area contributed by atoms with Gasteiger partial charge in [-0.05, 0) is 84.0 Å². The number of nitrogens with one attached hydrogen (secondary N) is 4. The van der Waals surface area contributed by atoms with Gasteiger partial charge >= 0.3 is 12.2 Å². The molecule has 6 aromatic rings. The number of ether oxygens (including phenoxy) is 4. The highest BCUT2D eigenvalue weighted by Crippen LogP contribution is 2.44. The maximum Gasteiger partial charge on any atom is 0.407 e. The lowest BCUT2D eigenvalue weighted by Crippen LogP contribution is -2.52. The molecule has 65 heavy (non-hydrogen) atoms. The van der Waals surface area contributed by atoms with Crippen LogP contribution in [0.4, 0.5) is 9.59 Å². The summed E-state index contributed by atoms with van der Waals surface area (Å²) in [5, 5.41) is 7.42. The number of likely N-dealkylation sites (tertiary alicyclic amines) is 2. The molecule has 5 heterocycles. The van der Waals surface area contributed by atoms with Gasteiger partial charge in [0.15, 0.2) is 0 Å². The Morgan fingerprint density at radius 2 is 1.65 bits per heavy atom. The summed E-state index contributed by atoms with van der Waals surface area (Å²) < 4.78 is 21.7. The first kappa shape index (κ1) is 43.3. The van der Waals surface area contributed by atoms with Crippen LogP contribution in [0.25, 0.3) is 44.2 Å². The summed E-state index contributed by atoms with van der Waals surface area (Å²) in [4.78, 5) is 73.5. The fourth-order valence-electron chi connectivity index (χ4n) is 9.83. The number of methoxy groups -OCH3 is 3. The summed E-state index contributed by atoms with van der Waals surface area (Å²) in [7, 11) is 4.22. The third-order valence-corrected chi connectivity index (χ3v) is 13.1. The number of fused-ring (bicyclic) bond motifs is 6. The van der Waals surface area contributed by atoms with E-state index in [2.05, 4.69) is 57.0 Å². The average Bonchev–Trinajstić information content (AvgIpc) is 4.15. The molecule has 0 spiro atoms. The summed E-state index contributed by atoms with van der Waals surface area (Å²) in [6.07, 6.45) is 2.64. The maximum atomic E-state index is 14.3. The molecule has 16 heteroatoms. The molecule has 6 atom stereocenters. The summed E-state index contributed by atoms with van der Waals surface area (Å²) in [6.45, 7) is 7.11. The van der Waals surface area contributed by atoms with Crippen molar-refractivity contribution in [3.63, 3.8) is 0 Å². The van der Waals surface area contributed by atoms with Gasteiger partial charge in [0.05, 0.1) is 55.8 Å². The molecule has 0 unspecified atom stereocenters. The molecule has 16 nitrogen and oxygen atoms in total. The molecule has 0 aliphatic carbocycles. The lowest BCUT2D eigenvalue weighted by molar-refractivity contribution is -0.137. The van der Waals surface area contributed by atoms with Gasteiger partial charge in [-0.15, -0.1) is 0 Å². The molecule has 338 valence electrons. The van der Waals surface area contributed by atoms with E-state index in [1.165, 1.54) is 14.2 Å². The van der Waals surface area contributed by atoms with Crippen LogP contribution in [0.5, 0.6) is 5.75 Å². The van der Waals surface area contributed by atoms with Crippen LogP contribution in [0.15, 0.2) is 79.0 Å². The molecule has 0 radical (unpaired) electrons. The largest absolute Gasteiger partial charge is 0.488 e. The monoisotopic (exact) mass is 882 g/mol. The van der Waals surface area contributed by atoms with Gasteiger partial charge in [-0.3, -0.25) is 9.59 Å². The number of aromatic amines is 2. The minimum absolute atomic E-state index is 0.0342. The molecule has 2 aromatic heterocycles. The van der Waals surface area contributed by atoms with Crippen molar-refractivity contribution in [1.82, 2.24) is 40.4 Å². The standard InChI is InChI=1S/C49H54N8O8/c1-26(2)41(54-48(60)63-5)47(59)57-27(3)12-17-38(57)45-51-36-16-14-30-20-35-33-15-13-31(19-32(33)25-65-40(35)21-34(30)43(36)53-45)37-22-50-44(52-37)39-18-28(24-62-4)23-56(39)46(58)42(55-49(61)64-6)29-10-8-7-9-11-29/h7-11,13-16,19-22,26-28,38-39,41-42H,12,17-18,23-25H2,1-6H3,(H,50,52)(H,51,53)(H,54,60)(H,55,61)/t27-,28-,38-,39+,41-,42+/m0/s1. The first-order valence-electron chi connectivity index (χ1n) is 22.1. The van der Waals surface area contributed by atoms with Crippen molar-refractivity contribution in [2.24, 2.45) is 11.8 Å². The molecule has 2 saturated heterocycles. The Morgan fingerprint density at radius 1 is 0.862 bits per heavy atom. The van der Waals surface area contributed by atoms with Gasteiger partial charge in [0.1, 0.15) is 36.1 Å². The number of hydrogen-bond donors (Lipinski definition) is 4. The molecule has 2 fully saturated rings. The second-order valence-corrected chi connectivity index (χ2v) is 17.6. The van der Waals surface area contributed by atoms with Crippen molar-refractivity contribution in [1.29, 1.82) is 0 Å². The van der Waals surface area contributed by atoms with E-state index < -0.39 is 24.3 Å². The average molecular weight is 883 g/mol. The fourth-order valence-corrected chi connectivity index (χ4v) is 9.83. The molecule has 4 aromatic carbocycles. The smallest absolute Gasteiger partial charge is 0.407 e. The van der Waals surface area contributed by atoms with Gasteiger partial charge in [-0.2, -0.15) is 0 Å². The van der Waals surface area contributed by atoms with Gasteiger partial charge in [0.2, 0.25) is 5.91 Å². The third-order valence-electron chi connectivity index (χ3n) is 13.1. The number of benzene rings is 4. The van der Waals surface area contributed by atoms with Crippen molar-refractivity contribution >= 4 is 45.8 Å². The van der Waals surface area contributed by atoms with Crippen LogP contribution in [-0.4, -0.2) is 100 Å². The summed E-state index contributed by atoms with van der Waals surface area (Å²) in [6, 6.07) is 21.3. The predicted octanol–water partition coefficient (Wildman–Crippen LogP) is 7.73. The Labute approximate surface area is 376 Å². The Kier molecular flexibility index (Phi) is 11.9. The number of nitrogens with zero attached hydrogens (tertiary/aromatic N) is 4. The number of hydrogen-bond acceptors (Lipinski definition) is 10. The summed E-state index contributed by atoms with van der Waals surface area (Å²) in [5.74, 6) is 1.61. The van der Waals surface area contributed by atoms with Gasteiger partial charge in [0.25, 0.3) is 5.91 Å². The highest BCUT2D eigenvalue weighted by molar-refractivity contribution is 6.07. The number of carbonyl (C=O) groups excluding carboxylic acids is 4. The Hall–Kier alpha value is -6.94. The van der Waals surface area contributed by atoms with Crippen LogP contribution >= 0.6 is 0 Å². The number of carbonyl (C=O) groups is 4. The van der Waals surface area contributed by atoms with E-state index in [1.807, 2.05) is 62.1 Å². The van der Waals surface area contributed by atoms with Crippen molar-refractivity contribution < 1.29 is 38.1 Å². The minimum Gasteiger partial charge on any atom is -0.488 e. The Morgan fingerprint density at radius 3 is 2.40 bits per heavy atom. The number of H-pyrrole nitrogens is 2. The number of alkyl carbamates (subject to hydrolysis) is 2. The maximum absolute atomic E-state index is 14.3. The van der Waals surface area contributed by atoms with Gasteiger partial charge < -0.3 is 49.3 Å². The molecule has 3 aliphatic rings. The number of aromatic nitrogens is 4. The topological polar surface area (TPSA) is 193 Å². The second kappa shape index (κ2) is 17.9. The first-order chi connectivity index (χ1) is 31.5. The lowest BCUT2D eigenvalue weighted by Gasteiger charge is -2.32. The van der Waals surface area contributed by atoms with Crippen LogP contribution in [0.2, 0.25) is 0 Å². The van der Waals surface area contributed by atoms with Crippen LogP contribution in [0.3, 0.4) is 0 Å². The van der Waals surface area contributed by atoms with Crippen LogP contribution < -0.4 is 15.4 Å². The molecule has 0 bridgehead atoms. The van der Waals surface area contributed by atoms with Gasteiger partial charge in [-0.25, -0.2) is 19.6 Å². The molecule has 0 saturated carbocycles. The second-order valence-electron chi connectivity index (χ2n) is 17.6. The van der Waals surface area contributed by atoms with Gasteiger partial charge in [0, 0.05) is 36.6 Å². The van der Waals surface area contributed by atoms with Crippen LogP contribution in [-0.2, 0) is 30.4 Å². The zero-order valence-corrected chi connectivity index (χ0v) is 37.3. The van der Waals surface area contributed by atoms with E-state index in [9.17, 15) is 19.2 Å². The minimum atomic E-state index is -0.948. The molecule has 9 rings (SSSR count). The zero-order valence-electron chi connectivity index (χ0n) is 37.3. The number of imidazole rings is 2. The predicted molar refractivity (Wildman–Crippen MR) is 243 cm³/mol. The normalized spacial score (nSPS) is 20.0. The fraction of sp³-hybridized carbons (Fsp3) is 0.388. The molecular weight excluding hydrogens is 829 g/mol. The first-order valence-corrected chi connectivity index (χ1v) is 22.1. The Bertz CT molecular complexity index is 2770. The lowest BCUT2D eigenvalue weighted by atomic mass is 9.92. The molecule has 3 aliphatic heterocycles. The van der Waals surface area contributed by atoms with E-state index in [1.54, 1.807) is 18.2 Å². The van der Waals surface area contributed by atoms with Gasteiger partial charge in [-0.1, -0.05) is 62.4 Å². The zero-order chi connectivity index (χ0) is 45.5. The highest BCUT2D eigenvalue weighted by atomic mass is 16.5. The van der Waals surface area contributed by atoms with Crippen LogP contribution in [0, 0.1) is 11.8 Å². The van der Waals surface area contributed by atoms with E-state index in [-0.39, 0.29) is 41.8 Å². The van der Waals surface area contributed by atoms with Crippen molar-refractivity contribution in [2.75, 3.05) is 34.5 Å². The molecule has 4 N–H and O–H groups in total. The van der Waals surface area contributed by atoms with E-state index in [0.717, 1.165) is 68.3 Å². The summed E-state index contributed by atoms with van der Waals surface area (Å²) >= 11 is 0. The number of rotatable bonds is 11. The molecular formula is C49H54N8O8. The van der Waals surface area contributed by atoms with Crippen LogP contribution in [0.1, 0.15) is 80.9 Å². The third kappa shape index (κ3) is 8.22. The van der Waals surface area contributed by atoms with E-state index >= 15 is 0 Å². The van der Waals surface area contributed by atoms with Crippen molar-refractivity contribution in [3.8, 4) is 28.1 Å². The van der Waals surface area contributed by atoms with E-state index in [4.69, 9.17) is 28.9 Å². The Balaban J connectivity index is 0.974. The van der Waals surface area contributed by atoms with Crippen molar-refractivity contribution in [3.05, 3.63) is 102 Å². The quantitative estimate of drug-likeness (QED) is 0.100. The molecule has 4 amide bonds. The van der Waals surface area contributed by atoms with Crippen molar-refractivity contribution in [2.45, 2.75) is 76.8 Å². The van der Waals surface area contributed by atoms with E-state index in [0.29, 0.717) is 43.4 Å². The SMILES string of the molecule is COC[C@H]1C[C@H](c2ncc(-c3ccc4c(c3)COc3cc5c(ccc6[nH]c([C@@H]7CC[C@H](C)N7C(=O)[C@@H](NC(=O)OC)C(C)C)nc65)cc3-4)[nH]2)N(C(=O)[C@H](NC(=O)OC)c2ccccc2)C1. The summed E-state index contributed by atoms with van der Waals surface area (Å²) in [5.41, 5.74) is 7.09.